The molecule has 0 aliphatic carbocycles. The lowest BCUT2D eigenvalue weighted by molar-refractivity contribution is -0.662. The van der Waals surface area contributed by atoms with Crippen molar-refractivity contribution < 1.29 is 4.57 Å². The Balaban J connectivity index is 2.26. The van der Waals surface area contributed by atoms with Crippen molar-refractivity contribution in [2.75, 3.05) is 0 Å². The molecule has 3 aromatic rings. The topological polar surface area (TPSA) is 16.8 Å². The molecule has 0 radical (unpaired) electrons. The van der Waals surface area contributed by atoms with Gasteiger partial charge in [0.2, 0.25) is 0 Å². The van der Waals surface area contributed by atoms with Crippen LogP contribution >= 0.6 is 0 Å². The van der Waals surface area contributed by atoms with Gasteiger partial charge in [-0.25, -0.2) is 4.57 Å². The number of aryl methyl sites for hydroxylation is 2. The predicted octanol–water partition coefficient (Wildman–Crippen LogP) is 5.67. The van der Waals surface area contributed by atoms with Crippen LogP contribution in [-0.2, 0) is 13.5 Å². The molecule has 0 unspecified atom stereocenters. The molecule has 0 bridgehead atoms. The molecule has 1 heterocycles. The van der Waals surface area contributed by atoms with Crippen LogP contribution < -0.4 is 4.57 Å². The molecule has 1 aromatic heterocycles. The van der Waals surface area contributed by atoms with Gasteiger partial charge >= 0.3 is 0 Å². The molecule has 2 nitrogen and oxygen atoms in total. The summed E-state index contributed by atoms with van der Waals surface area (Å²) in [6.07, 6.45) is 3.04. The normalized spacial score (nSPS) is 11.7. The smallest absolute Gasteiger partial charge is 0.232 e. The first-order chi connectivity index (χ1) is 12.3. The zero-order valence-corrected chi connectivity index (χ0v) is 17.2. The highest BCUT2D eigenvalue weighted by Crippen LogP contribution is 2.32. The van der Waals surface area contributed by atoms with Crippen molar-refractivity contribution in [1.82, 2.24) is 4.98 Å². The molecule has 0 fully saturated rings. The van der Waals surface area contributed by atoms with E-state index in [1.165, 1.54) is 38.9 Å². The van der Waals surface area contributed by atoms with E-state index in [-0.39, 0.29) is 0 Å². The van der Waals surface area contributed by atoms with E-state index in [1.807, 2.05) is 6.33 Å². The number of aromatic nitrogens is 2. The Labute approximate surface area is 157 Å². The van der Waals surface area contributed by atoms with Gasteiger partial charge in [-0.1, -0.05) is 39.8 Å². The second-order valence-electron chi connectivity index (χ2n) is 8.32. The molecule has 2 heteroatoms. The van der Waals surface area contributed by atoms with Crippen LogP contribution in [0.4, 0.5) is 0 Å². The summed E-state index contributed by atoms with van der Waals surface area (Å²) in [6.45, 7) is 13.5. The Morgan fingerprint density at radius 3 is 2.38 bits per heavy atom. The van der Waals surface area contributed by atoms with E-state index in [0.29, 0.717) is 11.8 Å². The third-order valence-corrected chi connectivity index (χ3v) is 5.30. The summed E-state index contributed by atoms with van der Waals surface area (Å²) in [4.78, 5) is 4.71. The third kappa shape index (κ3) is 3.51. The summed E-state index contributed by atoms with van der Waals surface area (Å²) in [5.74, 6) is 1.17. The number of hydrogen-bond acceptors (Lipinski definition) is 1. The SMILES string of the molecule is Cc1cc(C(C)C)cc(-c2c3ccc(CC(C)C)cc3nc[n+]2C)c1C. The summed E-state index contributed by atoms with van der Waals surface area (Å²) < 4.78 is 2.16. The van der Waals surface area contributed by atoms with E-state index < -0.39 is 0 Å². The van der Waals surface area contributed by atoms with Crippen molar-refractivity contribution in [3.8, 4) is 11.3 Å². The molecule has 0 atom stereocenters. The average Bonchev–Trinajstić information content (AvgIpc) is 2.57. The zero-order valence-electron chi connectivity index (χ0n) is 17.2. The van der Waals surface area contributed by atoms with Gasteiger partial charge in [0.05, 0.1) is 12.4 Å². The van der Waals surface area contributed by atoms with Gasteiger partial charge in [-0.15, -0.1) is 0 Å². The molecule has 0 aliphatic heterocycles. The van der Waals surface area contributed by atoms with Crippen LogP contribution in [0.2, 0.25) is 0 Å². The Morgan fingerprint density at radius 2 is 1.73 bits per heavy atom. The van der Waals surface area contributed by atoms with Crippen molar-refractivity contribution >= 4 is 10.9 Å². The fourth-order valence-electron chi connectivity index (χ4n) is 3.68. The lowest BCUT2D eigenvalue weighted by Crippen LogP contribution is -2.32. The molecule has 0 spiro atoms. The van der Waals surface area contributed by atoms with Gasteiger partial charge < -0.3 is 0 Å². The fourth-order valence-corrected chi connectivity index (χ4v) is 3.68. The van der Waals surface area contributed by atoms with Crippen molar-refractivity contribution in [3.05, 3.63) is 58.9 Å². The molecular weight excluding hydrogens is 316 g/mol. The summed E-state index contributed by atoms with van der Waals surface area (Å²) in [5.41, 5.74) is 9.13. The minimum absolute atomic E-state index is 0.518. The van der Waals surface area contributed by atoms with Crippen LogP contribution in [0.1, 0.15) is 55.9 Å². The molecule has 0 saturated heterocycles. The lowest BCUT2D eigenvalue weighted by Gasteiger charge is -2.15. The van der Waals surface area contributed by atoms with E-state index in [2.05, 4.69) is 83.5 Å². The van der Waals surface area contributed by atoms with Crippen molar-refractivity contribution in [3.63, 3.8) is 0 Å². The first-order valence-corrected chi connectivity index (χ1v) is 9.66. The maximum Gasteiger partial charge on any atom is 0.287 e. The van der Waals surface area contributed by atoms with Gasteiger partial charge in [-0.3, -0.25) is 0 Å². The molecule has 0 amide bonds. The maximum absolute atomic E-state index is 4.71. The zero-order chi connectivity index (χ0) is 19.0. The highest BCUT2D eigenvalue weighted by atomic mass is 15.0. The second kappa shape index (κ2) is 7.19. The summed E-state index contributed by atoms with van der Waals surface area (Å²) in [6, 6.07) is 11.5. The predicted molar refractivity (Wildman–Crippen MR) is 110 cm³/mol. The quantitative estimate of drug-likeness (QED) is 0.556. The van der Waals surface area contributed by atoms with Crippen LogP contribution in [0.25, 0.3) is 22.2 Å². The Morgan fingerprint density at radius 1 is 1.00 bits per heavy atom. The molecule has 3 rings (SSSR count). The Hall–Kier alpha value is -2.22. The molecule has 2 aromatic carbocycles. The molecule has 136 valence electrons. The minimum Gasteiger partial charge on any atom is -0.232 e. The standard InChI is InChI=1S/C24H31N2/c1-15(2)10-19-8-9-21-23(12-19)25-14-26(7)24(21)22-13-20(16(3)4)11-17(5)18(22)6/h8-9,11-16H,10H2,1-7H3/q+1. The van der Waals surface area contributed by atoms with Gasteiger partial charge in [-0.05, 0) is 77.5 Å². The minimum atomic E-state index is 0.518. The Bertz CT molecular complexity index is 952. The van der Waals surface area contributed by atoms with E-state index in [0.717, 1.165) is 11.9 Å². The van der Waals surface area contributed by atoms with Gasteiger partial charge in [-0.2, -0.15) is 0 Å². The maximum atomic E-state index is 4.71. The van der Waals surface area contributed by atoms with Crippen LogP contribution in [0.5, 0.6) is 0 Å². The van der Waals surface area contributed by atoms with Crippen molar-refractivity contribution in [2.24, 2.45) is 13.0 Å². The van der Waals surface area contributed by atoms with Gasteiger partial charge in [0, 0.05) is 5.56 Å². The van der Waals surface area contributed by atoms with E-state index in [1.54, 1.807) is 0 Å². The number of rotatable bonds is 4. The molecule has 0 N–H and O–H groups in total. The first kappa shape index (κ1) is 18.6. The highest BCUT2D eigenvalue weighted by molar-refractivity contribution is 5.92. The summed E-state index contributed by atoms with van der Waals surface area (Å²) in [7, 11) is 2.10. The molecule has 26 heavy (non-hydrogen) atoms. The van der Waals surface area contributed by atoms with E-state index in [4.69, 9.17) is 4.98 Å². The lowest BCUT2D eigenvalue weighted by atomic mass is 9.91. The second-order valence-corrected chi connectivity index (χ2v) is 8.32. The third-order valence-electron chi connectivity index (χ3n) is 5.30. The molecular formula is C24H31N2+. The van der Waals surface area contributed by atoms with Gasteiger partial charge in [0.15, 0.2) is 5.52 Å². The Kier molecular flexibility index (Phi) is 5.13. The number of hydrogen-bond donors (Lipinski definition) is 0. The van der Waals surface area contributed by atoms with Crippen LogP contribution in [-0.4, -0.2) is 4.98 Å². The van der Waals surface area contributed by atoms with Crippen LogP contribution in [0, 0.1) is 19.8 Å². The first-order valence-electron chi connectivity index (χ1n) is 9.66. The number of benzene rings is 2. The van der Waals surface area contributed by atoms with E-state index in [9.17, 15) is 0 Å². The highest BCUT2D eigenvalue weighted by Gasteiger charge is 2.19. The van der Waals surface area contributed by atoms with Crippen LogP contribution in [0.3, 0.4) is 0 Å². The van der Waals surface area contributed by atoms with Crippen LogP contribution in [0.15, 0.2) is 36.7 Å². The van der Waals surface area contributed by atoms with Gasteiger partial charge in [0.1, 0.15) is 5.69 Å². The number of nitrogens with zero attached hydrogens (tertiary/aromatic N) is 2. The molecule has 0 aliphatic rings. The summed E-state index contributed by atoms with van der Waals surface area (Å²) >= 11 is 0. The average molecular weight is 348 g/mol. The van der Waals surface area contributed by atoms with E-state index >= 15 is 0 Å². The van der Waals surface area contributed by atoms with Crippen molar-refractivity contribution in [1.29, 1.82) is 0 Å². The monoisotopic (exact) mass is 347 g/mol. The fraction of sp³-hybridized carbons (Fsp3) is 0.417. The molecule has 0 saturated carbocycles. The largest absolute Gasteiger partial charge is 0.287 e. The van der Waals surface area contributed by atoms with Gasteiger partial charge in [0.25, 0.3) is 6.33 Å². The van der Waals surface area contributed by atoms with Crippen molar-refractivity contribution in [2.45, 2.75) is 53.9 Å². The number of fused-ring (bicyclic) bond motifs is 1. The summed E-state index contributed by atoms with van der Waals surface area (Å²) in [5, 5.41) is 1.23.